The highest BCUT2D eigenvalue weighted by atomic mass is 79.9. The first-order valence-electron chi connectivity index (χ1n) is 7.46. The molecule has 1 aromatic carbocycles. The van der Waals surface area contributed by atoms with E-state index in [1.807, 2.05) is 25.1 Å². The van der Waals surface area contributed by atoms with Crippen LogP contribution in [0, 0.1) is 0 Å². The second-order valence-corrected chi connectivity index (χ2v) is 6.65. The van der Waals surface area contributed by atoms with Gasteiger partial charge in [0, 0.05) is 22.1 Å². The molecule has 1 unspecified atom stereocenters. The first kappa shape index (κ1) is 15.8. The molecule has 0 amide bonds. The van der Waals surface area contributed by atoms with E-state index in [0.717, 1.165) is 28.8 Å². The highest BCUT2D eigenvalue weighted by Crippen LogP contribution is 2.28. The highest BCUT2D eigenvalue weighted by molar-refractivity contribution is 9.10. The van der Waals surface area contributed by atoms with Gasteiger partial charge in [0.15, 0.2) is 0 Å². The lowest BCUT2D eigenvalue weighted by molar-refractivity contribution is 0.152. The van der Waals surface area contributed by atoms with E-state index in [0.29, 0.717) is 6.04 Å². The second-order valence-electron chi connectivity index (χ2n) is 5.74. The predicted molar refractivity (Wildman–Crippen MR) is 87.1 cm³/mol. The quantitative estimate of drug-likeness (QED) is 0.887. The van der Waals surface area contributed by atoms with Gasteiger partial charge in [0.25, 0.3) is 0 Å². The molecule has 1 aliphatic rings. The molecule has 1 fully saturated rings. The van der Waals surface area contributed by atoms with Crippen molar-refractivity contribution in [3.05, 3.63) is 28.2 Å². The topological polar surface area (TPSA) is 38.5 Å². The molecule has 0 saturated carbocycles. The number of hydrogen-bond donors (Lipinski definition) is 1. The number of nitrogens with two attached hydrogens (primary N) is 1. The molecule has 4 heteroatoms. The van der Waals surface area contributed by atoms with Crippen LogP contribution in [0.3, 0.4) is 0 Å². The molecule has 1 saturated heterocycles. The van der Waals surface area contributed by atoms with Crippen molar-refractivity contribution in [1.82, 2.24) is 4.90 Å². The minimum Gasteiger partial charge on any atom is -0.493 e. The minimum atomic E-state index is -0.0140. The minimum absolute atomic E-state index is 0.0140. The van der Waals surface area contributed by atoms with Crippen LogP contribution in [0.25, 0.3) is 0 Å². The van der Waals surface area contributed by atoms with Crippen molar-refractivity contribution < 1.29 is 4.74 Å². The summed E-state index contributed by atoms with van der Waals surface area (Å²) in [5.74, 6) is 0.918. The maximum Gasteiger partial charge on any atom is 0.124 e. The molecule has 0 spiro atoms. The van der Waals surface area contributed by atoms with Gasteiger partial charge in [-0.2, -0.15) is 0 Å². The van der Waals surface area contributed by atoms with E-state index in [-0.39, 0.29) is 6.04 Å². The first-order chi connectivity index (χ1) is 9.58. The number of halogens is 1. The molecule has 0 radical (unpaired) electrons. The summed E-state index contributed by atoms with van der Waals surface area (Å²) in [4.78, 5) is 2.46. The smallest absolute Gasteiger partial charge is 0.124 e. The van der Waals surface area contributed by atoms with Gasteiger partial charge in [-0.05, 0) is 58.0 Å². The van der Waals surface area contributed by atoms with E-state index < -0.39 is 0 Å². The second kappa shape index (κ2) is 7.43. The molecule has 3 nitrogen and oxygen atoms in total. The third-order valence-corrected chi connectivity index (χ3v) is 4.59. The van der Waals surface area contributed by atoms with Crippen LogP contribution in [0.15, 0.2) is 22.7 Å². The van der Waals surface area contributed by atoms with Gasteiger partial charge >= 0.3 is 0 Å². The van der Waals surface area contributed by atoms with Crippen LogP contribution in [0.2, 0.25) is 0 Å². The van der Waals surface area contributed by atoms with Gasteiger partial charge in [0.05, 0.1) is 6.61 Å². The molecule has 2 rings (SSSR count). The Bertz CT molecular complexity index is 436. The van der Waals surface area contributed by atoms with Crippen LogP contribution in [-0.4, -0.2) is 31.1 Å². The Morgan fingerprint density at radius 3 is 2.95 bits per heavy atom. The molecule has 2 atom stereocenters. The fourth-order valence-corrected chi connectivity index (χ4v) is 3.20. The Hall–Kier alpha value is -0.580. The van der Waals surface area contributed by atoms with Crippen LogP contribution in [0.5, 0.6) is 5.75 Å². The van der Waals surface area contributed by atoms with Gasteiger partial charge in [-0.3, -0.25) is 0 Å². The van der Waals surface area contributed by atoms with Crippen molar-refractivity contribution in [3.63, 3.8) is 0 Å². The van der Waals surface area contributed by atoms with Crippen molar-refractivity contribution in [1.29, 1.82) is 0 Å². The lowest BCUT2D eigenvalue weighted by atomic mass is 10.0. The summed E-state index contributed by atoms with van der Waals surface area (Å²) in [6, 6.07) is 6.71. The molecule has 1 aliphatic heterocycles. The average molecular weight is 341 g/mol. The largest absolute Gasteiger partial charge is 0.493 e. The zero-order valence-corrected chi connectivity index (χ0v) is 14.0. The van der Waals surface area contributed by atoms with Gasteiger partial charge in [-0.1, -0.05) is 22.4 Å². The van der Waals surface area contributed by atoms with Gasteiger partial charge < -0.3 is 15.4 Å². The Kier molecular flexibility index (Phi) is 5.87. The Morgan fingerprint density at radius 1 is 1.45 bits per heavy atom. The lowest BCUT2D eigenvalue weighted by Crippen LogP contribution is -2.37. The normalized spacial score (nSPS) is 21.7. The first-order valence-corrected chi connectivity index (χ1v) is 8.25. The Labute approximate surface area is 130 Å². The lowest BCUT2D eigenvalue weighted by Gasteiger charge is -2.32. The number of ether oxygens (including phenoxy) is 1. The highest BCUT2D eigenvalue weighted by Gasteiger charge is 2.18. The molecular weight excluding hydrogens is 316 g/mol. The summed E-state index contributed by atoms with van der Waals surface area (Å²) < 4.78 is 7.02. The van der Waals surface area contributed by atoms with Crippen LogP contribution >= 0.6 is 15.9 Å². The summed E-state index contributed by atoms with van der Waals surface area (Å²) in [6.45, 7) is 3.97. The van der Waals surface area contributed by atoms with E-state index in [9.17, 15) is 0 Å². The molecule has 20 heavy (non-hydrogen) atoms. The van der Waals surface area contributed by atoms with E-state index >= 15 is 0 Å². The maximum atomic E-state index is 6.01. The van der Waals surface area contributed by atoms with E-state index in [1.54, 1.807) is 0 Å². The summed E-state index contributed by atoms with van der Waals surface area (Å²) in [5.41, 5.74) is 7.08. The van der Waals surface area contributed by atoms with Gasteiger partial charge in [-0.25, -0.2) is 0 Å². The van der Waals surface area contributed by atoms with Crippen LogP contribution < -0.4 is 10.5 Å². The summed E-state index contributed by atoms with van der Waals surface area (Å²) in [6.07, 6.45) is 5.05. The standard InChI is InChI=1S/C16H25BrN2O/c1-12(18)15-11-13(17)6-7-16(15)20-10-8-14-5-3-4-9-19(14)2/h6-7,11-12,14H,3-5,8-10,18H2,1-2H3/t12-,14?/m0/s1. The fourth-order valence-electron chi connectivity index (χ4n) is 2.82. The molecule has 112 valence electrons. The zero-order chi connectivity index (χ0) is 14.5. The van der Waals surface area contributed by atoms with Gasteiger partial charge in [0.1, 0.15) is 5.75 Å². The number of nitrogens with zero attached hydrogens (tertiary/aromatic N) is 1. The molecule has 0 aliphatic carbocycles. The van der Waals surface area contributed by atoms with E-state index in [4.69, 9.17) is 10.5 Å². The number of hydrogen-bond acceptors (Lipinski definition) is 3. The number of piperidine rings is 1. The maximum absolute atomic E-state index is 6.01. The Morgan fingerprint density at radius 2 is 2.25 bits per heavy atom. The van der Waals surface area contributed by atoms with Crippen molar-refractivity contribution in [3.8, 4) is 5.75 Å². The number of benzene rings is 1. The molecule has 0 bridgehead atoms. The number of likely N-dealkylation sites (tertiary alicyclic amines) is 1. The SMILES string of the molecule is C[C@H](N)c1cc(Br)ccc1OCCC1CCCCN1C. The van der Waals surface area contributed by atoms with Crippen molar-refractivity contribution in [2.75, 3.05) is 20.2 Å². The van der Waals surface area contributed by atoms with E-state index in [2.05, 4.69) is 27.9 Å². The molecular formula is C16H25BrN2O. The third kappa shape index (κ3) is 4.21. The predicted octanol–water partition coefficient (Wildman–Crippen LogP) is 3.72. The summed E-state index contributed by atoms with van der Waals surface area (Å²) in [5, 5.41) is 0. The summed E-state index contributed by atoms with van der Waals surface area (Å²) >= 11 is 3.49. The Balaban J connectivity index is 1.90. The molecule has 2 N–H and O–H groups in total. The number of rotatable bonds is 5. The summed E-state index contributed by atoms with van der Waals surface area (Å²) in [7, 11) is 2.22. The van der Waals surface area contributed by atoms with Crippen LogP contribution in [0.4, 0.5) is 0 Å². The monoisotopic (exact) mass is 340 g/mol. The van der Waals surface area contributed by atoms with Crippen LogP contribution in [-0.2, 0) is 0 Å². The van der Waals surface area contributed by atoms with Crippen molar-refractivity contribution >= 4 is 15.9 Å². The zero-order valence-electron chi connectivity index (χ0n) is 12.4. The molecule has 1 aromatic rings. The van der Waals surface area contributed by atoms with Crippen molar-refractivity contribution in [2.24, 2.45) is 5.73 Å². The third-order valence-electron chi connectivity index (χ3n) is 4.09. The van der Waals surface area contributed by atoms with Crippen molar-refractivity contribution in [2.45, 2.75) is 44.7 Å². The molecule has 1 heterocycles. The van der Waals surface area contributed by atoms with Gasteiger partial charge in [-0.15, -0.1) is 0 Å². The molecule has 0 aromatic heterocycles. The fraction of sp³-hybridized carbons (Fsp3) is 0.625. The van der Waals surface area contributed by atoms with Gasteiger partial charge in [0.2, 0.25) is 0 Å². The average Bonchev–Trinajstić information content (AvgIpc) is 2.42. The van der Waals surface area contributed by atoms with E-state index in [1.165, 1.54) is 25.8 Å². The van der Waals surface area contributed by atoms with Crippen LogP contribution in [0.1, 0.15) is 44.2 Å².